The zero-order valence-corrected chi connectivity index (χ0v) is 27.8. The lowest BCUT2D eigenvalue weighted by molar-refractivity contribution is -0.276. The molecule has 12 nitrogen and oxygen atoms in total. The molecule has 2 aliphatic heterocycles. The smallest absolute Gasteiger partial charge is 0.422 e. The zero-order chi connectivity index (χ0) is 36.2. The molecule has 1 aromatic carbocycles. The first-order valence-electron chi connectivity index (χ1n) is 15.2. The second kappa shape index (κ2) is 15.3. The lowest BCUT2D eigenvalue weighted by Gasteiger charge is -2.34. The number of alkyl halides is 5. The Hall–Kier alpha value is -3.64. The second-order valence-electron chi connectivity index (χ2n) is 12.0. The van der Waals surface area contributed by atoms with Crippen molar-refractivity contribution >= 4 is 33.7 Å². The van der Waals surface area contributed by atoms with Crippen molar-refractivity contribution < 1.29 is 59.0 Å². The molecule has 1 aromatic rings. The summed E-state index contributed by atoms with van der Waals surface area (Å²) < 4.78 is 106. The number of halogens is 5. The number of morpholine rings is 1. The molecule has 0 saturated carbocycles. The van der Waals surface area contributed by atoms with Gasteiger partial charge < -0.3 is 19.7 Å². The number of ether oxygens (including phenoxy) is 2. The van der Waals surface area contributed by atoms with Crippen LogP contribution in [0.1, 0.15) is 57.8 Å². The summed E-state index contributed by atoms with van der Waals surface area (Å²) in [7, 11) is -3.83. The number of amides is 3. The molecule has 0 unspecified atom stereocenters. The maximum Gasteiger partial charge on any atom is 0.461 e. The lowest BCUT2D eigenvalue weighted by atomic mass is 10.0. The van der Waals surface area contributed by atoms with Crippen molar-refractivity contribution in [3.63, 3.8) is 0 Å². The van der Waals surface area contributed by atoms with Gasteiger partial charge in [0.05, 0.1) is 23.8 Å². The van der Waals surface area contributed by atoms with Crippen LogP contribution in [0.2, 0.25) is 0 Å². The number of sulfonamides is 1. The largest absolute Gasteiger partial charge is 0.461 e. The zero-order valence-electron chi connectivity index (χ0n) is 27.0. The highest BCUT2D eigenvalue weighted by molar-refractivity contribution is 7.89. The number of esters is 1. The highest BCUT2D eigenvalue weighted by Crippen LogP contribution is 2.45. The van der Waals surface area contributed by atoms with Crippen molar-refractivity contribution in [2.45, 2.75) is 76.5 Å². The number of benzene rings is 1. The SMILES string of the molecule is CC(=O)O/C(=C(/C(C)C)N1CCC[C@H]1C(=O)NC(=O)[C@@H](NC(=O)c1ccc(S(=O)(=O)N2CCOCC2)cc1)C(C)C)C(F)(F)C(F)(F)F. The van der Waals surface area contributed by atoms with Crippen LogP contribution in [0.15, 0.2) is 40.6 Å². The Bertz CT molecular complexity index is 1510. The molecule has 2 heterocycles. The fourth-order valence-electron chi connectivity index (χ4n) is 5.36. The van der Waals surface area contributed by atoms with Crippen LogP contribution in [-0.4, -0.2) is 98.3 Å². The number of imide groups is 1. The molecule has 3 amide bonds. The Morgan fingerprint density at radius 1 is 0.958 bits per heavy atom. The molecule has 0 radical (unpaired) electrons. The highest BCUT2D eigenvalue weighted by atomic mass is 32.2. The van der Waals surface area contributed by atoms with Crippen LogP contribution in [0.4, 0.5) is 22.0 Å². The Morgan fingerprint density at radius 2 is 1.54 bits per heavy atom. The van der Waals surface area contributed by atoms with Crippen LogP contribution in [0.3, 0.4) is 0 Å². The quantitative estimate of drug-likeness (QED) is 0.201. The molecule has 0 bridgehead atoms. The number of nitrogens with zero attached hydrogens (tertiary/aromatic N) is 2. The van der Waals surface area contributed by atoms with E-state index in [4.69, 9.17) is 4.74 Å². The predicted molar refractivity (Wildman–Crippen MR) is 160 cm³/mol. The van der Waals surface area contributed by atoms with Gasteiger partial charge in [-0.15, -0.1) is 0 Å². The van der Waals surface area contributed by atoms with Crippen LogP contribution >= 0.6 is 0 Å². The molecule has 2 N–H and O–H groups in total. The highest BCUT2D eigenvalue weighted by Gasteiger charge is 2.63. The molecule has 268 valence electrons. The fraction of sp³-hybridized carbons (Fsp3) is 0.600. The summed E-state index contributed by atoms with van der Waals surface area (Å²) >= 11 is 0. The van der Waals surface area contributed by atoms with E-state index in [1.54, 1.807) is 13.8 Å². The van der Waals surface area contributed by atoms with Gasteiger partial charge in [-0.3, -0.25) is 24.5 Å². The first kappa shape index (κ1) is 38.8. The first-order chi connectivity index (χ1) is 22.2. The average molecular weight is 711 g/mol. The summed E-state index contributed by atoms with van der Waals surface area (Å²) in [6.07, 6.45) is -5.97. The van der Waals surface area contributed by atoms with Crippen LogP contribution in [0, 0.1) is 11.8 Å². The Labute approximate surface area is 275 Å². The Kier molecular flexibility index (Phi) is 12.4. The van der Waals surface area contributed by atoms with Gasteiger partial charge in [0.25, 0.3) is 5.91 Å². The Morgan fingerprint density at radius 3 is 2.04 bits per heavy atom. The molecule has 2 aliphatic rings. The van der Waals surface area contributed by atoms with Gasteiger partial charge in [-0.1, -0.05) is 27.7 Å². The third-order valence-corrected chi connectivity index (χ3v) is 9.65. The summed E-state index contributed by atoms with van der Waals surface area (Å²) in [6.45, 7) is 7.08. The molecule has 2 fully saturated rings. The average Bonchev–Trinajstić information content (AvgIpc) is 3.48. The van der Waals surface area contributed by atoms with E-state index in [2.05, 4.69) is 15.4 Å². The number of carbonyl (C=O) groups is 4. The molecule has 0 aromatic heterocycles. The summed E-state index contributed by atoms with van der Waals surface area (Å²) in [6, 6.07) is 2.32. The standard InChI is InChI=1S/C30H39F5N4O8S/c1-17(2)23(36-26(41)20-8-10-21(11-9-20)48(44,45)38-13-15-46-16-14-38)28(43)37-27(42)22-7-6-12-39(22)24(18(3)4)25(47-19(5)40)29(31,32)30(33,34)35/h8-11,17-18,22-23H,6-7,12-16H2,1-5H3,(H,36,41)(H,37,42,43)/b25-24-/t22-,23-/m0/s1. The van der Waals surface area contributed by atoms with Gasteiger partial charge in [0.1, 0.15) is 12.1 Å². The number of allylic oxidation sites excluding steroid dienone is 2. The van der Waals surface area contributed by atoms with E-state index in [0.29, 0.717) is 6.92 Å². The van der Waals surface area contributed by atoms with Crippen LogP contribution in [-0.2, 0) is 33.9 Å². The van der Waals surface area contributed by atoms with Gasteiger partial charge in [-0.2, -0.15) is 26.3 Å². The minimum absolute atomic E-state index is 0.0120. The number of hydrogen-bond donors (Lipinski definition) is 2. The molecule has 2 atom stereocenters. The summed E-state index contributed by atoms with van der Waals surface area (Å²) in [5.74, 6) is -13.4. The minimum atomic E-state index is -6.12. The van der Waals surface area contributed by atoms with Crippen molar-refractivity contribution in [2.75, 3.05) is 32.8 Å². The third kappa shape index (κ3) is 8.68. The van der Waals surface area contributed by atoms with E-state index >= 15 is 0 Å². The lowest BCUT2D eigenvalue weighted by Crippen LogP contribution is -2.54. The van der Waals surface area contributed by atoms with Gasteiger partial charge in [0.2, 0.25) is 27.6 Å². The van der Waals surface area contributed by atoms with E-state index in [1.165, 1.54) is 42.4 Å². The predicted octanol–water partition coefficient (Wildman–Crippen LogP) is 3.20. The number of hydrogen-bond acceptors (Lipinski definition) is 9. The molecule has 18 heteroatoms. The number of likely N-dealkylation sites (tertiary alicyclic amines) is 1. The van der Waals surface area contributed by atoms with Gasteiger partial charge in [-0.25, -0.2) is 8.42 Å². The minimum Gasteiger partial charge on any atom is -0.422 e. The van der Waals surface area contributed by atoms with E-state index in [-0.39, 0.29) is 56.1 Å². The van der Waals surface area contributed by atoms with Crippen molar-refractivity contribution in [3.05, 3.63) is 41.3 Å². The van der Waals surface area contributed by atoms with Gasteiger partial charge in [0, 0.05) is 32.1 Å². The molecule has 0 aliphatic carbocycles. The summed E-state index contributed by atoms with van der Waals surface area (Å²) in [5, 5.41) is 4.62. The maximum atomic E-state index is 14.7. The van der Waals surface area contributed by atoms with E-state index in [9.17, 15) is 49.5 Å². The van der Waals surface area contributed by atoms with Gasteiger partial charge >= 0.3 is 18.1 Å². The molecule has 2 saturated heterocycles. The van der Waals surface area contributed by atoms with Crippen molar-refractivity contribution in [1.82, 2.24) is 19.8 Å². The first-order valence-corrected chi connectivity index (χ1v) is 16.6. The molecule has 48 heavy (non-hydrogen) atoms. The topological polar surface area (TPSA) is 151 Å². The number of rotatable bonds is 11. The summed E-state index contributed by atoms with van der Waals surface area (Å²) in [4.78, 5) is 52.2. The van der Waals surface area contributed by atoms with Crippen LogP contribution in [0.5, 0.6) is 0 Å². The molecule has 3 rings (SSSR count). The van der Waals surface area contributed by atoms with Gasteiger partial charge in [0.15, 0.2) is 0 Å². The second-order valence-corrected chi connectivity index (χ2v) is 13.9. The van der Waals surface area contributed by atoms with E-state index in [0.717, 1.165) is 4.90 Å². The van der Waals surface area contributed by atoms with Crippen molar-refractivity contribution in [2.24, 2.45) is 11.8 Å². The third-order valence-electron chi connectivity index (χ3n) is 7.74. The Balaban J connectivity index is 1.81. The van der Waals surface area contributed by atoms with E-state index < -0.39 is 81.2 Å². The van der Waals surface area contributed by atoms with Crippen LogP contribution < -0.4 is 10.6 Å². The molecule has 0 spiro atoms. The van der Waals surface area contributed by atoms with E-state index in [1.807, 2.05) is 0 Å². The maximum absolute atomic E-state index is 14.7. The summed E-state index contributed by atoms with van der Waals surface area (Å²) in [5.41, 5.74) is -0.705. The number of nitrogens with one attached hydrogen (secondary N) is 2. The van der Waals surface area contributed by atoms with Gasteiger partial charge in [-0.05, 0) is 48.9 Å². The molecular formula is C30H39F5N4O8S. The molecular weight excluding hydrogens is 671 g/mol. The fourth-order valence-corrected chi connectivity index (χ4v) is 6.77. The van der Waals surface area contributed by atoms with Crippen molar-refractivity contribution in [1.29, 1.82) is 0 Å². The van der Waals surface area contributed by atoms with Crippen LogP contribution in [0.25, 0.3) is 0 Å². The normalized spacial score (nSPS) is 19.2. The van der Waals surface area contributed by atoms with Crippen molar-refractivity contribution in [3.8, 4) is 0 Å². The number of carbonyl (C=O) groups excluding carboxylic acids is 4. The monoisotopic (exact) mass is 710 g/mol.